The van der Waals surface area contributed by atoms with Gasteiger partial charge in [0, 0.05) is 6.10 Å². The summed E-state index contributed by atoms with van der Waals surface area (Å²) in [6.07, 6.45) is 1.02. The third-order valence-electron chi connectivity index (χ3n) is 8.51. The van der Waals surface area contributed by atoms with E-state index >= 15 is 0 Å². The minimum absolute atomic E-state index is 0.0402. The average molecular weight is 617 g/mol. The minimum Gasteiger partial charge on any atom is -0.497 e. The number of benzene rings is 2. The molecule has 4 atom stereocenters. The van der Waals surface area contributed by atoms with Crippen molar-refractivity contribution < 1.29 is 22.3 Å². The van der Waals surface area contributed by atoms with Crippen LogP contribution in [0.15, 0.2) is 59.8 Å². The maximum atomic E-state index is 13.4. The van der Waals surface area contributed by atoms with E-state index in [0.29, 0.717) is 18.7 Å². The van der Waals surface area contributed by atoms with Crippen molar-refractivity contribution in [1.82, 2.24) is 20.2 Å². The van der Waals surface area contributed by atoms with Crippen LogP contribution >= 0.6 is 0 Å². The first-order valence-corrected chi connectivity index (χ1v) is 19.2. The number of methoxy groups -OCH3 is 1. The second kappa shape index (κ2) is 14.2. The van der Waals surface area contributed by atoms with Crippen LogP contribution in [-0.2, 0) is 25.6 Å². The summed E-state index contributed by atoms with van der Waals surface area (Å²) in [4.78, 5) is 0. The normalized spacial score (nSPS) is 15.6. The molecule has 3 aromatic rings. The van der Waals surface area contributed by atoms with Crippen molar-refractivity contribution in [1.29, 1.82) is 0 Å². The molecule has 0 radical (unpaired) electrons. The van der Waals surface area contributed by atoms with Crippen LogP contribution < -0.4 is 4.74 Å². The van der Waals surface area contributed by atoms with Gasteiger partial charge in [0.15, 0.2) is 8.32 Å². The van der Waals surface area contributed by atoms with E-state index in [1.165, 1.54) is 4.68 Å². The molecular formula is C31H48N4O5SSi. The minimum atomic E-state index is -3.75. The van der Waals surface area contributed by atoms with Crippen molar-refractivity contribution in [3.8, 4) is 11.4 Å². The number of hydrogen-bond donors (Lipinski definition) is 0. The van der Waals surface area contributed by atoms with Gasteiger partial charge in [-0.15, -0.1) is 0 Å². The van der Waals surface area contributed by atoms with Gasteiger partial charge < -0.3 is 13.9 Å². The summed E-state index contributed by atoms with van der Waals surface area (Å²) >= 11 is 0. The van der Waals surface area contributed by atoms with Gasteiger partial charge in [-0.3, -0.25) is 0 Å². The van der Waals surface area contributed by atoms with Crippen molar-refractivity contribution in [3.05, 3.63) is 60.2 Å². The highest BCUT2D eigenvalue weighted by atomic mass is 32.2. The molecule has 0 N–H and O–H groups in total. The zero-order valence-electron chi connectivity index (χ0n) is 26.6. The van der Waals surface area contributed by atoms with E-state index in [4.69, 9.17) is 13.9 Å². The molecule has 0 aliphatic carbocycles. The zero-order chi connectivity index (χ0) is 31.1. The predicted octanol–water partition coefficient (Wildman–Crippen LogP) is 6.49. The highest BCUT2D eigenvalue weighted by Crippen LogP contribution is 2.38. The quantitative estimate of drug-likeness (QED) is 0.178. The summed E-state index contributed by atoms with van der Waals surface area (Å²) in [5.74, 6) is 0.872. The molecule has 0 unspecified atom stereocenters. The Hall–Kier alpha value is -2.60. The highest BCUT2D eigenvalue weighted by molar-refractivity contribution is 7.91. The fourth-order valence-corrected chi connectivity index (χ4v) is 7.37. The molecular weight excluding hydrogens is 569 g/mol. The number of aromatic nitrogens is 4. The Labute approximate surface area is 253 Å². The largest absolute Gasteiger partial charge is 0.497 e. The van der Waals surface area contributed by atoms with E-state index in [9.17, 15) is 8.42 Å². The summed E-state index contributed by atoms with van der Waals surface area (Å²) in [6, 6.07) is 16.8. The smallest absolute Gasteiger partial charge is 0.272 e. The van der Waals surface area contributed by atoms with Crippen LogP contribution in [0.3, 0.4) is 0 Å². The van der Waals surface area contributed by atoms with Crippen LogP contribution in [0.2, 0.25) is 18.1 Å². The van der Waals surface area contributed by atoms with Gasteiger partial charge >= 0.3 is 0 Å². The Morgan fingerprint density at radius 3 is 2.19 bits per heavy atom. The summed E-state index contributed by atoms with van der Waals surface area (Å²) < 4.78 is 46.6. The lowest BCUT2D eigenvalue weighted by Gasteiger charge is -2.40. The van der Waals surface area contributed by atoms with Crippen LogP contribution in [0.4, 0.5) is 0 Å². The Morgan fingerprint density at radius 2 is 1.60 bits per heavy atom. The van der Waals surface area contributed by atoms with Gasteiger partial charge in [-0.2, -0.15) is 4.68 Å². The van der Waals surface area contributed by atoms with Gasteiger partial charge in [0.1, 0.15) is 5.75 Å². The van der Waals surface area contributed by atoms with Gasteiger partial charge in [-0.25, -0.2) is 8.42 Å². The Morgan fingerprint density at radius 1 is 0.952 bits per heavy atom. The second-order valence-electron chi connectivity index (χ2n) is 12.8. The molecule has 232 valence electrons. The molecule has 11 heteroatoms. The topological polar surface area (TPSA) is 105 Å². The number of hydrogen-bond acceptors (Lipinski definition) is 8. The number of sulfone groups is 1. The molecule has 9 nitrogen and oxygen atoms in total. The highest BCUT2D eigenvalue weighted by Gasteiger charge is 2.39. The van der Waals surface area contributed by atoms with E-state index in [2.05, 4.69) is 70.2 Å². The molecule has 1 heterocycles. The molecule has 0 saturated heterocycles. The molecule has 0 saturated carbocycles. The lowest BCUT2D eigenvalue weighted by atomic mass is 9.90. The Kier molecular flexibility index (Phi) is 11.5. The zero-order valence-corrected chi connectivity index (χ0v) is 28.4. The van der Waals surface area contributed by atoms with Crippen molar-refractivity contribution in [2.45, 2.75) is 96.5 Å². The van der Waals surface area contributed by atoms with Crippen molar-refractivity contribution in [3.63, 3.8) is 0 Å². The van der Waals surface area contributed by atoms with Crippen LogP contribution in [0.25, 0.3) is 5.69 Å². The van der Waals surface area contributed by atoms with E-state index in [1.807, 2.05) is 42.5 Å². The second-order valence-corrected chi connectivity index (χ2v) is 19.5. The fraction of sp³-hybridized carbons (Fsp3) is 0.581. The maximum absolute atomic E-state index is 13.4. The van der Waals surface area contributed by atoms with Gasteiger partial charge in [-0.1, -0.05) is 70.0 Å². The first-order valence-electron chi connectivity index (χ1n) is 14.6. The lowest BCUT2D eigenvalue weighted by molar-refractivity contribution is -0.0203. The van der Waals surface area contributed by atoms with E-state index in [-0.39, 0.29) is 40.0 Å². The Balaban J connectivity index is 1.74. The molecule has 0 bridgehead atoms. The summed E-state index contributed by atoms with van der Waals surface area (Å²) in [5.41, 5.74) is 1.63. The van der Waals surface area contributed by atoms with Gasteiger partial charge in [-0.05, 0) is 90.0 Å². The summed E-state index contributed by atoms with van der Waals surface area (Å²) in [7, 11) is -4.05. The molecule has 0 aliphatic rings. The maximum Gasteiger partial charge on any atom is 0.272 e. The fourth-order valence-electron chi connectivity index (χ4n) is 4.43. The lowest BCUT2D eigenvalue weighted by Crippen LogP contribution is -2.45. The molecule has 42 heavy (non-hydrogen) atoms. The summed E-state index contributed by atoms with van der Waals surface area (Å²) in [5, 5.41) is 11.4. The van der Waals surface area contributed by atoms with Gasteiger partial charge in [0.2, 0.25) is 9.84 Å². The number of tetrazole rings is 1. The molecule has 3 rings (SSSR count). The van der Waals surface area contributed by atoms with Gasteiger partial charge in [0.05, 0.1) is 31.3 Å². The molecule has 0 spiro atoms. The first-order chi connectivity index (χ1) is 19.6. The molecule has 1 aromatic heterocycles. The van der Waals surface area contributed by atoms with Gasteiger partial charge in [0.25, 0.3) is 5.16 Å². The SMILES string of the molecule is COc1ccc(CO[C@H](C[C@H](C)[C@H](C)O[Si](C)(C)C(C)(C)C)[C@@H](C)CCS(=O)(=O)c2nnnn2-c2ccccc2)cc1. The number of nitrogens with zero attached hydrogens (tertiary/aromatic N) is 4. The molecule has 0 amide bonds. The van der Waals surface area contributed by atoms with Crippen LogP contribution in [0.1, 0.15) is 59.9 Å². The number of ether oxygens (including phenoxy) is 2. The Bertz CT molecular complexity index is 1360. The monoisotopic (exact) mass is 616 g/mol. The van der Waals surface area contributed by atoms with Crippen molar-refractivity contribution >= 4 is 18.2 Å². The van der Waals surface area contributed by atoms with Crippen LogP contribution in [0.5, 0.6) is 5.75 Å². The number of rotatable bonds is 15. The number of para-hydroxylation sites is 1. The predicted molar refractivity (Wildman–Crippen MR) is 168 cm³/mol. The molecule has 0 aliphatic heterocycles. The standard InChI is InChI=1S/C31H48N4O5SSi/c1-23(19-20-41(36,37)30-32-33-34-35(30)27-13-11-10-12-14-27)29(39-22-26-15-17-28(38-7)18-16-26)21-24(2)25(3)40-42(8,9)31(4,5)6/h10-18,23-25,29H,19-22H2,1-9H3/t23-,24-,25-,29+/m0/s1. The van der Waals surface area contributed by atoms with Crippen LogP contribution in [-0.4, -0.2) is 62.0 Å². The third kappa shape index (κ3) is 8.95. The first kappa shape index (κ1) is 33.9. The van der Waals surface area contributed by atoms with Crippen molar-refractivity contribution in [2.75, 3.05) is 12.9 Å². The van der Waals surface area contributed by atoms with E-state index in [1.54, 1.807) is 19.2 Å². The molecule has 0 fully saturated rings. The molecule has 2 aromatic carbocycles. The van der Waals surface area contributed by atoms with Crippen LogP contribution in [0, 0.1) is 11.8 Å². The van der Waals surface area contributed by atoms with Crippen molar-refractivity contribution in [2.24, 2.45) is 11.8 Å². The van der Waals surface area contributed by atoms with E-state index in [0.717, 1.165) is 17.7 Å². The van der Waals surface area contributed by atoms with E-state index < -0.39 is 18.2 Å². The third-order valence-corrected chi connectivity index (χ3v) is 14.7. The summed E-state index contributed by atoms with van der Waals surface area (Å²) in [6.45, 7) is 18.1. The average Bonchev–Trinajstić information content (AvgIpc) is 3.45.